The number of carbonyl (C=O) groups excluding carboxylic acids is 1. The van der Waals surface area contributed by atoms with Gasteiger partial charge in [-0.05, 0) is 30.6 Å². The van der Waals surface area contributed by atoms with Gasteiger partial charge in [-0.25, -0.2) is 0 Å². The van der Waals surface area contributed by atoms with E-state index in [9.17, 15) is 4.79 Å². The molecule has 1 saturated carbocycles. The molecule has 0 aromatic heterocycles. The van der Waals surface area contributed by atoms with Crippen LogP contribution in [0.1, 0.15) is 39.0 Å². The lowest BCUT2D eigenvalue weighted by Crippen LogP contribution is -2.35. The second kappa shape index (κ2) is 2.72. The topological polar surface area (TPSA) is 17.1 Å². The molecule has 0 aliphatic heterocycles. The summed E-state index contributed by atoms with van der Waals surface area (Å²) in [7, 11) is 0. The van der Waals surface area contributed by atoms with Gasteiger partial charge in [-0.1, -0.05) is 19.1 Å². The molecule has 1 fully saturated rings. The average Bonchev–Trinajstić information content (AvgIpc) is 2.06. The predicted molar refractivity (Wildman–Crippen MR) is 48.8 cm³/mol. The van der Waals surface area contributed by atoms with E-state index >= 15 is 0 Å². The molecule has 0 unspecified atom stereocenters. The van der Waals surface area contributed by atoms with Crippen molar-refractivity contribution in [3.63, 3.8) is 0 Å². The van der Waals surface area contributed by atoms with Crippen LogP contribution in [0.2, 0.25) is 0 Å². The van der Waals surface area contributed by atoms with Crippen LogP contribution in [0.5, 0.6) is 0 Å². The van der Waals surface area contributed by atoms with Crippen molar-refractivity contribution >= 4 is 5.78 Å². The minimum absolute atomic E-state index is 0.447. The summed E-state index contributed by atoms with van der Waals surface area (Å²) in [6, 6.07) is 0. The van der Waals surface area contributed by atoms with Gasteiger partial charge in [0.05, 0.1) is 0 Å². The predicted octanol–water partition coefficient (Wildman–Crippen LogP) is 2.71. The molecule has 0 N–H and O–H groups in total. The molecule has 0 saturated heterocycles. The summed E-state index contributed by atoms with van der Waals surface area (Å²) < 4.78 is 0. The van der Waals surface area contributed by atoms with Crippen LogP contribution in [0.15, 0.2) is 12.2 Å². The molecule has 66 valence electrons. The number of allylic oxidation sites excluding steroid dienone is 2. The van der Waals surface area contributed by atoms with E-state index in [0.29, 0.717) is 17.1 Å². The van der Waals surface area contributed by atoms with E-state index in [4.69, 9.17) is 0 Å². The van der Waals surface area contributed by atoms with E-state index in [-0.39, 0.29) is 0 Å². The lowest BCUT2D eigenvalue weighted by molar-refractivity contribution is -0.124. The lowest BCUT2D eigenvalue weighted by Gasteiger charge is -2.42. The van der Waals surface area contributed by atoms with Gasteiger partial charge < -0.3 is 0 Å². The van der Waals surface area contributed by atoms with Crippen molar-refractivity contribution in [3.8, 4) is 0 Å². The van der Waals surface area contributed by atoms with Crippen LogP contribution in [-0.2, 0) is 4.79 Å². The summed E-state index contributed by atoms with van der Waals surface area (Å²) >= 11 is 0. The SMILES string of the molecule is C[C@]12CC=CC[C@@H]1CC(=O)CC2. The number of hydrogen-bond donors (Lipinski definition) is 0. The van der Waals surface area contributed by atoms with Crippen LogP contribution in [-0.4, -0.2) is 5.78 Å². The van der Waals surface area contributed by atoms with Gasteiger partial charge in [-0.15, -0.1) is 0 Å². The van der Waals surface area contributed by atoms with Crippen molar-refractivity contribution in [3.05, 3.63) is 12.2 Å². The maximum atomic E-state index is 11.2. The third-order valence-electron chi connectivity index (χ3n) is 3.61. The fraction of sp³-hybridized carbons (Fsp3) is 0.727. The highest BCUT2D eigenvalue weighted by Crippen LogP contribution is 2.46. The van der Waals surface area contributed by atoms with Crippen molar-refractivity contribution in [2.45, 2.75) is 39.0 Å². The highest BCUT2D eigenvalue weighted by atomic mass is 16.1. The Balaban J connectivity index is 2.18. The maximum absolute atomic E-state index is 11.2. The lowest BCUT2D eigenvalue weighted by atomic mass is 9.62. The Bertz CT molecular complexity index is 229. The molecule has 2 atom stereocenters. The number of ketones is 1. The van der Waals surface area contributed by atoms with Gasteiger partial charge in [0, 0.05) is 12.8 Å². The first-order chi connectivity index (χ1) is 5.71. The molecule has 0 spiro atoms. The standard InChI is InChI=1S/C11H16O/c1-11-6-3-2-4-9(11)8-10(12)5-7-11/h2-3,9H,4-8H2,1H3/t9-,11-/m1/s1. The Morgan fingerprint density at radius 1 is 1.50 bits per heavy atom. The Labute approximate surface area is 73.8 Å². The van der Waals surface area contributed by atoms with E-state index in [1.54, 1.807) is 0 Å². The highest BCUT2D eigenvalue weighted by Gasteiger charge is 2.38. The van der Waals surface area contributed by atoms with Crippen molar-refractivity contribution in [1.29, 1.82) is 0 Å². The van der Waals surface area contributed by atoms with E-state index in [1.165, 1.54) is 6.42 Å². The van der Waals surface area contributed by atoms with E-state index in [0.717, 1.165) is 25.7 Å². The quantitative estimate of drug-likeness (QED) is 0.503. The van der Waals surface area contributed by atoms with Crippen LogP contribution in [0.4, 0.5) is 0 Å². The minimum atomic E-state index is 0.447. The molecular weight excluding hydrogens is 148 g/mol. The Morgan fingerprint density at radius 2 is 2.33 bits per heavy atom. The van der Waals surface area contributed by atoms with Crippen molar-refractivity contribution in [2.75, 3.05) is 0 Å². The van der Waals surface area contributed by atoms with E-state index < -0.39 is 0 Å². The van der Waals surface area contributed by atoms with Crippen molar-refractivity contribution in [2.24, 2.45) is 11.3 Å². The van der Waals surface area contributed by atoms with Crippen molar-refractivity contribution in [1.82, 2.24) is 0 Å². The van der Waals surface area contributed by atoms with Gasteiger partial charge >= 0.3 is 0 Å². The van der Waals surface area contributed by atoms with Gasteiger partial charge in [-0.2, -0.15) is 0 Å². The zero-order valence-corrected chi connectivity index (χ0v) is 7.68. The third kappa shape index (κ3) is 1.21. The summed E-state index contributed by atoms with van der Waals surface area (Å²) in [5.41, 5.74) is 0.447. The third-order valence-corrected chi connectivity index (χ3v) is 3.61. The molecule has 1 heteroatoms. The minimum Gasteiger partial charge on any atom is -0.300 e. The molecule has 0 radical (unpaired) electrons. The highest BCUT2D eigenvalue weighted by molar-refractivity contribution is 5.79. The monoisotopic (exact) mass is 164 g/mol. The van der Waals surface area contributed by atoms with Crippen LogP contribution in [0.3, 0.4) is 0 Å². The molecule has 0 heterocycles. The van der Waals surface area contributed by atoms with Gasteiger partial charge in [0.15, 0.2) is 0 Å². The first-order valence-electron chi connectivity index (χ1n) is 4.87. The fourth-order valence-corrected chi connectivity index (χ4v) is 2.50. The zero-order valence-electron chi connectivity index (χ0n) is 7.68. The Hall–Kier alpha value is -0.590. The van der Waals surface area contributed by atoms with Crippen LogP contribution in [0.25, 0.3) is 0 Å². The second-order valence-electron chi connectivity index (χ2n) is 4.50. The normalized spacial score (nSPS) is 41.1. The van der Waals surface area contributed by atoms with E-state index in [1.807, 2.05) is 0 Å². The maximum Gasteiger partial charge on any atom is 0.133 e. The van der Waals surface area contributed by atoms with Crippen LogP contribution >= 0.6 is 0 Å². The summed E-state index contributed by atoms with van der Waals surface area (Å²) in [5, 5.41) is 0. The molecule has 2 aliphatic carbocycles. The Morgan fingerprint density at radius 3 is 3.17 bits per heavy atom. The van der Waals surface area contributed by atoms with Gasteiger partial charge in [0.2, 0.25) is 0 Å². The number of carbonyl (C=O) groups is 1. The fourth-order valence-electron chi connectivity index (χ4n) is 2.50. The number of Topliss-reactive ketones (excluding diaryl/α,β-unsaturated/α-hetero) is 1. The molecule has 0 aromatic rings. The molecule has 2 rings (SSSR count). The van der Waals surface area contributed by atoms with Gasteiger partial charge in [-0.3, -0.25) is 4.79 Å². The van der Waals surface area contributed by atoms with Crippen LogP contribution < -0.4 is 0 Å². The first kappa shape index (κ1) is 8.03. The Kier molecular flexibility index (Phi) is 1.82. The largest absolute Gasteiger partial charge is 0.300 e. The first-order valence-corrected chi connectivity index (χ1v) is 4.87. The number of fused-ring (bicyclic) bond motifs is 1. The zero-order chi connectivity index (χ0) is 8.60. The van der Waals surface area contributed by atoms with E-state index in [2.05, 4.69) is 19.1 Å². The van der Waals surface area contributed by atoms with Crippen molar-refractivity contribution < 1.29 is 4.79 Å². The van der Waals surface area contributed by atoms with Crippen LogP contribution in [0, 0.1) is 11.3 Å². The smallest absolute Gasteiger partial charge is 0.133 e. The molecule has 0 aromatic carbocycles. The molecule has 12 heavy (non-hydrogen) atoms. The average molecular weight is 164 g/mol. The van der Waals surface area contributed by atoms with Gasteiger partial charge in [0.1, 0.15) is 5.78 Å². The summed E-state index contributed by atoms with van der Waals surface area (Å²) in [5.74, 6) is 1.12. The molecule has 0 amide bonds. The molecule has 1 nitrogen and oxygen atoms in total. The molecule has 2 aliphatic rings. The van der Waals surface area contributed by atoms with Gasteiger partial charge in [0.25, 0.3) is 0 Å². The second-order valence-corrected chi connectivity index (χ2v) is 4.50. The number of hydrogen-bond acceptors (Lipinski definition) is 1. The summed E-state index contributed by atoms with van der Waals surface area (Å²) in [6.07, 6.45) is 9.60. The summed E-state index contributed by atoms with van der Waals surface area (Å²) in [4.78, 5) is 11.2. The summed E-state index contributed by atoms with van der Waals surface area (Å²) in [6.45, 7) is 2.34. The number of rotatable bonds is 0. The molecular formula is C11H16O. The molecule has 0 bridgehead atoms.